The molecule has 0 saturated carbocycles. The topological polar surface area (TPSA) is 103 Å². The van der Waals surface area contributed by atoms with Crippen LogP contribution in [0.4, 0.5) is 18.9 Å². The molecule has 3 rings (SSSR count). The fraction of sp³-hybridized carbons (Fsp3) is 0.174. The van der Waals surface area contributed by atoms with Crippen molar-refractivity contribution in [2.45, 2.75) is 13.1 Å². The molecule has 0 unspecified atom stereocenters. The number of hydrogen-bond acceptors (Lipinski definition) is 6. The number of carbonyl (C=O) groups is 1. The quantitative estimate of drug-likeness (QED) is 0.457. The lowest BCUT2D eigenvalue weighted by Gasteiger charge is -2.12. The number of nitrogens with one attached hydrogen (secondary N) is 1. The summed E-state index contributed by atoms with van der Waals surface area (Å²) in [6, 6.07) is 12.9. The Morgan fingerprint density at radius 3 is 2.47 bits per heavy atom. The van der Waals surface area contributed by atoms with E-state index in [-0.39, 0.29) is 16.9 Å². The fourth-order valence-electron chi connectivity index (χ4n) is 3.02. The zero-order valence-electron chi connectivity index (χ0n) is 18.4. The Labute approximate surface area is 192 Å². The Morgan fingerprint density at radius 1 is 1.21 bits per heavy atom. The number of amides is 1. The van der Waals surface area contributed by atoms with Gasteiger partial charge in [-0.25, -0.2) is 5.43 Å². The number of aromatic nitrogens is 2. The van der Waals surface area contributed by atoms with Crippen molar-refractivity contribution < 1.29 is 18.0 Å². The first kappa shape index (κ1) is 24.2. The number of rotatable bonds is 5. The highest BCUT2D eigenvalue weighted by atomic mass is 19.4. The third-order valence-electron chi connectivity index (χ3n) is 4.87. The highest BCUT2D eigenvalue weighted by Gasteiger charge is 2.31. The lowest BCUT2D eigenvalue weighted by Crippen LogP contribution is -2.31. The number of hydrogen-bond donors (Lipinski definition) is 1. The number of nitrogens with zero attached hydrogens (tertiary/aromatic N) is 5. The maximum atomic E-state index is 13.1. The monoisotopic (exact) mass is 468 g/mol. The smallest absolute Gasteiger partial charge is 0.378 e. The van der Waals surface area contributed by atoms with Gasteiger partial charge in [-0.05, 0) is 42.8 Å². The number of halogens is 3. The van der Waals surface area contributed by atoms with Gasteiger partial charge in [0.05, 0.1) is 17.5 Å². The van der Waals surface area contributed by atoms with E-state index in [9.17, 15) is 28.0 Å². The van der Waals surface area contributed by atoms with Gasteiger partial charge >= 0.3 is 6.18 Å². The van der Waals surface area contributed by atoms with Crippen LogP contribution < -0.4 is 15.9 Å². The van der Waals surface area contributed by atoms with E-state index in [0.29, 0.717) is 16.3 Å². The summed E-state index contributed by atoms with van der Waals surface area (Å²) in [6.07, 6.45) is -3.26. The minimum atomic E-state index is -4.65. The van der Waals surface area contributed by atoms with Crippen molar-refractivity contribution in [1.82, 2.24) is 15.2 Å². The van der Waals surface area contributed by atoms with Crippen LogP contribution in [0.5, 0.6) is 0 Å². The van der Waals surface area contributed by atoms with Crippen LogP contribution >= 0.6 is 0 Å². The van der Waals surface area contributed by atoms with Crippen LogP contribution in [0, 0.1) is 18.3 Å². The molecular weight excluding hydrogens is 449 g/mol. The summed E-state index contributed by atoms with van der Waals surface area (Å²) in [5, 5.41) is 17.2. The molecule has 0 saturated heterocycles. The first-order valence-electron chi connectivity index (χ1n) is 9.85. The number of benzene rings is 2. The highest BCUT2D eigenvalue weighted by molar-refractivity contribution is 5.94. The van der Waals surface area contributed by atoms with Gasteiger partial charge in [-0.15, -0.1) is 0 Å². The molecule has 1 amide bonds. The third kappa shape index (κ3) is 5.12. The molecular formula is C23H19F3N6O2. The molecule has 1 heterocycles. The Kier molecular flexibility index (Phi) is 6.81. The second kappa shape index (κ2) is 9.58. The summed E-state index contributed by atoms with van der Waals surface area (Å²) in [6.45, 7) is 1.35. The number of carbonyl (C=O) groups excluding carboxylic acids is 1. The molecule has 11 heteroatoms. The molecule has 3 aromatic rings. The van der Waals surface area contributed by atoms with Crippen LogP contribution in [0.1, 0.15) is 32.7 Å². The van der Waals surface area contributed by atoms with E-state index in [1.807, 2.05) is 31.1 Å². The lowest BCUT2D eigenvalue weighted by molar-refractivity contribution is -0.137. The van der Waals surface area contributed by atoms with Crippen LogP contribution in [-0.2, 0) is 6.18 Å². The second-order valence-electron chi connectivity index (χ2n) is 7.41. The van der Waals surface area contributed by atoms with E-state index in [2.05, 4.69) is 15.6 Å². The van der Waals surface area contributed by atoms with Gasteiger partial charge in [0.25, 0.3) is 11.5 Å². The number of alkyl halides is 3. The van der Waals surface area contributed by atoms with Crippen LogP contribution in [0.2, 0.25) is 0 Å². The van der Waals surface area contributed by atoms with Gasteiger partial charge < -0.3 is 4.90 Å². The van der Waals surface area contributed by atoms with Gasteiger partial charge in [-0.3, -0.25) is 9.59 Å². The average molecular weight is 468 g/mol. The predicted octanol–water partition coefficient (Wildman–Crippen LogP) is 3.26. The van der Waals surface area contributed by atoms with Crippen molar-refractivity contribution in [3.8, 4) is 11.8 Å². The summed E-state index contributed by atoms with van der Waals surface area (Å²) in [5.74, 6) is -0.837. The van der Waals surface area contributed by atoms with Gasteiger partial charge in [0, 0.05) is 25.3 Å². The normalized spacial score (nSPS) is 11.3. The van der Waals surface area contributed by atoms with Crippen molar-refractivity contribution in [2.75, 3.05) is 19.0 Å². The molecule has 0 aliphatic carbocycles. The largest absolute Gasteiger partial charge is 0.416 e. The SMILES string of the molecule is Cc1c(C(=O)N/N=C/c2ccc(N(C)C)cc2)nn(-c2cccc(C(F)(F)F)c2)c(=O)c1C#N. The zero-order valence-corrected chi connectivity index (χ0v) is 18.4. The zero-order chi connectivity index (χ0) is 25.0. The molecule has 1 aromatic heterocycles. The minimum Gasteiger partial charge on any atom is -0.378 e. The summed E-state index contributed by atoms with van der Waals surface area (Å²) in [4.78, 5) is 27.3. The van der Waals surface area contributed by atoms with Gasteiger partial charge in [-0.1, -0.05) is 18.2 Å². The number of hydrazone groups is 1. The van der Waals surface area contributed by atoms with E-state index in [4.69, 9.17) is 0 Å². The van der Waals surface area contributed by atoms with E-state index in [1.54, 1.807) is 18.2 Å². The second-order valence-corrected chi connectivity index (χ2v) is 7.41. The Hall–Kier alpha value is -4.46. The number of anilines is 1. The lowest BCUT2D eigenvalue weighted by atomic mass is 10.1. The predicted molar refractivity (Wildman–Crippen MR) is 120 cm³/mol. The molecule has 0 spiro atoms. The van der Waals surface area contributed by atoms with Gasteiger partial charge in [0.2, 0.25) is 0 Å². The highest BCUT2D eigenvalue weighted by Crippen LogP contribution is 2.30. The first-order valence-corrected chi connectivity index (χ1v) is 9.85. The van der Waals surface area contributed by atoms with Crippen molar-refractivity contribution >= 4 is 17.8 Å². The van der Waals surface area contributed by atoms with Crippen molar-refractivity contribution in [3.63, 3.8) is 0 Å². The van der Waals surface area contributed by atoms with Crippen molar-refractivity contribution in [2.24, 2.45) is 5.10 Å². The van der Waals surface area contributed by atoms with E-state index >= 15 is 0 Å². The van der Waals surface area contributed by atoms with Gasteiger partial charge in [0.1, 0.15) is 11.6 Å². The molecule has 0 aliphatic heterocycles. The van der Waals surface area contributed by atoms with Crippen LogP contribution in [-0.4, -0.2) is 36.0 Å². The summed E-state index contributed by atoms with van der Waals surface area (Å²) in [5.41, 5.74) is 0.987. The van der Waals surface area contributed by atoms with E-state index in [0.717, 1.165) is 17.8 Å². The Morgan fingerprint density at radius 2 is 1.88 bits per heavy atom. The molecule has 0 fully saturated rings. The maximum absolute atomic E-state index is 13.1. The summed E-state index contributed by atoms with van der Waals surface area (Å²) < 4.78 is 39.9. The van der Waals surface area contributed by atoms with Crippen LogP contribution in [0.15, 0.2) is 58.4 Å². The third-order valence-corrected chi connectivity index (χ3v) is 4.87. The van der Waals surface area contributed by atoms with Crippen LogP contribution in [0.25, 0.3) is 5.69 Å². The number of nitriles is 1. The molecule has 8 nitrogen and oxygen atoms in total. The Balaban J connectivity index is 1.95. The molecule has 174 valence electrons. The van der Waals surface area contributed by atoms with E-state index < -0.39 is 28.8 Å². The van der Waals surface area contributed by atoms with Gasteiger partial charge in [0.15, 0.2) is 5.69 Å². The summed E-state index contributed by atoms with van der Waals surface area (Å²) >= 11 is 0. The molecule has 0 radical (unpaired) electrons. The minimum absolute atomic E-state index is 0.0150. The van der Waals surface area contributed by atoms with Gasteiger partial charge in [-0.2, -0.15) is 33.3 Å². The van der Waals surface area contributed by atoms with Crippen LogP contribution in [0.3, 0.4) is 0 Å². The summed E-state index contributed by atoms with van der Waals surface area (Å²) in [7, 11) is 3.79. The van der Waals surface area contributed by atoms with E-state index in [1.165, 1.54) is 19.2 Å². The molecule has 0 aliphatic rings. The maximum Gasteiger partial charge on any atom is 0.416 e. The molecule has 2 aromatic carbocycles. The fourth-order valence-corrected chi connectivity index (χ4v) is 3.02. The molecule has 34 heavy (non-hydrogen) atoms. The Bertz CT molecular complexity index is 1350. The standard InChI is InChI=1S/C23H19F3N6O2/c1-14-19(12-27)22(34)32(18-6-4-5-16(11-18)23(24,25)26)30-20(14)21(33)29-28-13-15-7-9-17(10-8-15)31(2)3/h4-11,13H,1-3H3,(H,29,33)/b28-13+. The molecule has 0 atom stereocenters. The van der Waals surface area contributed by atoms with Crippen molar-refractivity contribution in [1.29, 1.82) is 5.26 Å². The molecule has 1 N–H and O–H groups in total. The average Bonchev–Trinajstić information content (AvgIpc) is 2.79. The first-order chi connectivity index (χ1) is 16.0. The van der Waals surface area contributed by atoms with Crippen molar-refractivity contribution in [3.05, 3.63) is 86.8 Å². The molecule has 0 bridgehead atoms.